The van der Waals surface area contributed by atoms with E-state index in [9.17, 15) is 14.7 Å². The van der Waals surface area contributed by atoms with Crippen LogP contribution in [0, 0.1) is 0 Å². The highest BCUT2D eigenvalue weighted by molar-refractivity contribution is 7.18. The van der Waals surface area contributed by atoms with Crippen LogP contribution in [0.15, 0.2) is 54.6 Å². The Balaban J connectivity index is 2.13. The number of carboxylic acid groups (broad SMARTS) is 1. The number of hydrogen-bond donors (Lipinski definition) is 2. The van der Waals surface area contributed by atoms with Gasteiger partial charge < -0.3 is 15.7 Å². The second-order valence-electron chi connectivity index (χ2n) is 6.50. The Morgan fingerprint density at radius 2 is 1.79 bits per heavy atom. The van der Waals surface area contributed by atoms with Crippen molar-refractivity contribution in [2.75, 3.05) is 10.6 Å². The molecular weight excluding hydrogens is 396 g/mol. The first-order valence-electron chi connectivity index (χ1n) is 8.60. The molecule has 2 aromatic carbocycles. The smallest absolute Gasteiger partial charge is 0.348 e. The lowest BCUT2D eigenvalue weighted by atomic mass is 10.1. The van der Waals surface area contributed by atoms with Crippen LogP contribution in [0.3, 0.4) is 0 Å². The van der Waals surface area contributed by atoms with Gasteiger partial charge in [-0.15, -0.1) is 11.3 Å². The molecule has 0 fully saturated rings. The zero-order valence-electron chi connectivity index (χ0n) is 15.3. The van der Waals surface area contributed by atoms with Crippen molar-refractivity contribution in [1.29, 1.82) is 0 Å². The van der Waals surface area contributed by atoms with E-state index in [1.54, 1.807) is 18.2 Å². The number of amides is 1. The third kappa shape index (κ3) is 3.88. The Kier molecular flexibility index (Phi) is 5.72. The van der Waals surface area contributed by atoms with Crippen molar-refractivity contribution in [1.82, 2.24) is 0 Å². The number of halogens is 1. The van der Waals surface area contributed by atoms with Gasteiger partial charge in [0.15, 0.2) is 0 Å². The average Bonchev–Trinajstić information content (AvgIpc) is 3.07. The summed E-state index contributed by atoms with van der Waals surface area (Å²) in [5, 5.41) is 10.2. The molecule has 3 rings (SSSR count). The lowest BCUT2D eigenvalue weighted by Gasteiger charge is -2.27. The minimum atomic E-state index is -1.08. The van der Waals surface area contributed by atoms with E-state index in [4.69, 9.17) is 17.3 Å². The molecule has 1 amide bonds. The molecule has 0 spiro atoms. The lowest BCUT2D eigenvalue weighted by Crippen LogP contribution is -2.38. The molecule has 1 aromatic heterocycles. The summed E-state index contributed by atoms with van der Waals surface area (Å²) in [4.78, 5) is 27.5. The molecule has 3 N–H and O–H groups in total. The number of nitrogen functional groups attached to an aromatic ring is 1. The Hall–Kier alpha value is -2.83. The molecule has 5 nitrogen and oxygen atoms in total. The quantitative estimate of drug-likeness (QED) is 0.547. The number of anilines is 2. The molecule has 28 heavy (non-hydrogen) atoms. The normalized spacial score (nSPS) is 10.9. The van der Waals surface area contributed by atoms with Gasteiger partial charge >= 0.3 is 5.97 Å². The van der Waals surface area contributed by atoms with E-state index in [1.807, 2.05) is 44.2 Å². The summed E-state index contributed by atoms with van der Waals surface area (Å²) in [6, 6.07) is 15.6. The maximum Gasteiger partial charge on any atom is 0.348 e. The van der Waals surface area contributed by atoms with Gasteiger partial charge in [0.2, 0.25) is 0 Å². The van der Waals surface area contributed by atoms with Crippen LogP contribution in [-0.4, -0.2) is 23.0 Å². The number of benzene rings is 2. The summed E-state index contributed by atoms with van der Waals surface area (Å²) in [5.74, 6) is -1.45. The molecule has 0 aliphatic heterocycles. The molecule has 0 aliphatic rings. The van der Waals surface area contributed by atoms with Gasteiger partial charge in [-0.1, -0.05) is 41.9 Å². The maximum atomic E-state index is 13.3. The molecular formula is C21H19ClN2O3S. The number of aromatic carboxylic acids is 1. The Labute approximate surface area is 172 Å². The summed E-state index contributed by atoms with van der Waals surface area (Å²) in [5.41, 5.74) is 7.76. The van der Waals surface area contributed by atoms with Crippen molar-refractivity contribution in [2.45, 2.75) is 19.9 Å². The minimum Gasteiger partial charge on any atom is -0.477 e. The zero-order chi connectivity index (χ0) is 20.4. The molecule has 3 aromatic rings. The van der Waals surface area contributed by atoms with Gasteiger partial charge in [0, 0.05) is 21.6 Å². The number of nitrogens with zero attached hydrogens (tertiary/aromatic N) is 1. The van der Waals surface area contributed by atoms with Gasteiger partial charge in [-0.3, -0.25) is 4.79 Å². The second kappa shape index (κ2) is 8.04. The summed E-state index contributed by atoms with van der Waals surface area (Å²) >= 11 is 7.08. The number of carbonyl (C=O) groups is 2. The highest BCUT2D eigenvalue weighted by Gasteiger charge is 2.29. The van der Waals surface area contributed by atoms with E-state index in [0.29, 0.717) is 10.7 Å². The van der Waals surface area contributed by atoms with Gasteiger partial charge in [-0.25, -0.2) is 4.79 Å². The maximum absolute atomic E-state index is 13.3. The number of thiophene rings is 1. The van der Waals surface area contributed by atoms with Crippen molar-refractivity contribution in [3.63, 3.8) is 0 Å². The number of rotatable bonds is 5. The SMILES string of the molecule is CC(C)N(C(=O)c1ccc(Cl)cc1N)c1cc(-c2ccccc2)sc1C(=O)O. The number of hydrogen-bond acceptors (Lipinski definition) is 4. The first kappa shape index (κ1) is 19.9. The molecule has 0 radical (unpaired) electrons. The monoisotopic (exact) mass is 414 g/mol. The molecule has 0 unspecified atom stereocenters. The number of carboxylic acids is 1. The Morgan fingerprint density at radius 1 is 1.11 bits per heavy atom. The van der Waals surface area contributed by atoms with E-state index in [0.717, 1.165) is 21.8 Å². The van der Waals surface area contributed by atoms with Crippen molar-refractivity contribution < 1.29 is 14.7 Å². The molecule has 0 bridgehead atoms. The van der Waals surface area contributed by atoms with Gasteiger partial charge in [0.05, 0.1) is 11.3 Å². The van der Waals surface area contributed by atoms with Crippen LogP contribution < -0.4 is 10.6 Å². The molecule has 0 atom stereocenters. The van der Waals surface area contributed by atoms with Crippen LogP contribution in [0.4, 0.5) is 11.4 Å². The third-order valence-corrected chi connectivity index (χ3v) is 5.60. The van der Waals surface area contributed by atoms with E-state index in [1.165, 1.54) is 11.0 Å². The molecule has 0 aliphatic carbocycles. The highest BCUT2D eigenvalue weighted by Crippen LogP contribution is 2.38. The topological polar surface area (TPSA) is 83.6 Å². The molecule has 7 heteroatoms. The highest BCUT2D eigenvalue weighted by atomic mass is 35.5. The van der Waals surface area contributed by atoms with E-state index >= 15 is 0 Å². The second-order valence-corrected chi connectivity index (χ2v) is 7.99. The van der Waals surface area contributed by atoms with Crippen LogP contribution in [0.1, 0.15) is 33.9 Å². The predicted octanol–water partition coefficient (Wildman–Crippen LogP) is 5.40. The molecule has 1 heterocycles. The fraction of sp³-hybridized carbons (Fsp3) is 0.143. The lowest BCUT2D eigenvalue weighted by molar-refractivity contribution is 0.0703. The van der Waals surface area contributed by atoms with Gasteiger partial charge in [-0.2, -0.15) is 0 Å². The van der Waals surface area contributed by atoms with Crippen molar-refractivity contribution in [2.24, 2.45) is 0 Å². The predicted molar refractivity (Wildman–Crippen MR) is 115 cm³/mol. The van der Waals surface area contributed by atoms with E-state index < -0.39 is 5.97 Å². The summed E-state index contributed by atoms with van der Waals surface area (Å²) < 4.78 is 0. The van der Waals surface area contributed by atoms with Gasteiger partial charge in [0.1, 0.15) is 4.88 Å². The fourth-order valence-electron chi connectivity index (χ4n) is 2.94. The van der Waals surface area contributed by atoms with Crippen LogP contribution in [0.25, 0.3) is 10.4 Å². The van der Waals surface area contributed by atoms with E-state index in [-0.39, 0.29) is 28.1 Å². The largest absolute Gasteiger partial charge is 0.477 e. The first-order chi connectivity index (χ1) is 13.3. The van der Waals surface area contributed by atoms with Crippen LogP contribution >= 0.6 is 22.9 Å². The summed E-state index contributed by atoms with van der Waals surface area (Å²) in [6.07, 6.45) is 0. The van der Waals surface area contributed by atoms with Crippen molar-refractivity contribution in [3.8, 4) is 10.4 Å². The standard InChI is InChI=1S/C21H19ClN2O3S/c1-12(2)24(20(25)15-9-8-14(22)10-16(15)23)17-11-18(28-19(17)21(26)27)13-6-4-3-5-7-13/h3-12H,23H2,1-2H3,(H,26,27). The number of carbonyl (C=O) groups excluding carboxylic acids is 1. The Morgan fingerprint density at radius 3 is 2.36 bits per heavy atom. The van der Waals surface area contributed by atoms with Crippen molar-refractivity contribution >= 4 is 46.2 Å². The first-order valence-corrected chi connectivity index (χ1v) is 9.80. The van der Waals surface area contributed by atoms with Crippen LogP contribution in [-0.2, 0) is 0 Å². The van der Waals surface area contributed by atoms with Gasteiger partial charge in [-0.05, 0) is 43.7 Å². The molecule has 0 saturated carbocycles. The zero-order valence-corrected chi connectivity index (χ0v) is 16.9. The number of nitrogens with two attached hydrogens (primary N) is 1. The molecule has 0 saturated heterocycles. The fourth-order valence-corrected chi connectivity index (χ4v) is 4.11. The molecule has 144 valence electrons. The Bertz CT molecular complexity index is 1030. The van der Waals surface area contributed by atoms with Gasteiger partial charge in [0.25, 0.3) is 5.91 Å². The minimum absolute atomic E-state index is 0.105. The summed E-state index contributed by atoms with van der Waals surface area (Å²) in [6.45, 7) is 3.66. The average molecular weight is 415 g/mol. The van der Waals surface area contributed by atoms with E-state index in [2.05, 4.69) is 0 Å². The third-order valence-electron chi connectivity index (χ3n) is 4.20. The van der Waals surface area contributed by atoms with Crippen molar-refractivity contribution in [3.05, 3.63) is 70.1 Å². The van der Waals surface area contributed by atoms with Crippen LogP contribution in [0.2, 0.25) is 5.02 Å². The summed E-state index contributed by atoms with van der Waals surface area (Å²) in [7, 11) is 0. The van der Waals surface area contributed by atoms with Crippen LogP contribution in [0.5, 0.6) is 0 Å².